The van der Waals surface area contributed by atoms with E-state index in [9.17, 15) is 28.8 Å². The molecule has 5 aromatic carbocycles. The van der Waals surface area contributed by atoms with E-state index < -0.39 is 21.7 Å². The summed E-state index contributed by atoms with van der Waals surface area (Å²) in [6, 6.07) is 29.0. The number of esters is 2. The first-order valence-corrected chi connectivity index (χ1v) is 39.8. The molecule has 6 heterocycles. The van der Waals surface area contributed by atoms with Crippen molar-refractivity contribution in [3.8, 4) is 0 Å². The monoisotopic (exact) mass is 1730 g/mol. The van der Waals surface area contributed by atoms with Gasteiger partial charge in [0.05, 0.1) is 53.7 Å². The number of allylic oxidation sites excluding steroid dienone is 2. The van der Waals surface area contributed by atoms with Gasteiger partial charge in [-0.15, -0.1) is 0 Å². The van der Waals surface area contributed by atoms with Gasteiger partial charge in [0.15, 0.2) is 0 Å². The first-order chi connectivity index (χ1) is 50.7. The van der Waals surface area contributed by atoms with E-state index in [0.717, 1.165) is 101 Å². The summed E-state index contributed by atoms with van der Waals surface area (Å²) in [5.74, 6) is -0.813. The van der Waals surface area contributed by atoms with E-state index in [-0.39, 0.29) is 74.9 Å². The van der Waals surface area contributed by atoms with E-state index in [1.165, 1.54) is 149 Å². The standard InChI is InChI=1S/C15H16BrNO2.C15H17NO2.C14H15NO2.C14H13NO2.C9H7NO2.C5H7Cl3O.C5H8O.C2H6.CH3I.CH4O2.K.H2O/c1-19-15(18)10-6-7-11-12(8-10)17-14(16)13(11)9-4-2-3-5-9;1-18-15(17)11-6-7-12-13(9-16-14(12)8-11)10-4-2-3-5-10;2*16-14(17)10-5-6-11-12(8-15-13(11)7-10)9-3-1-2-4-9;11-9(12)7-2-1-6-3-4-10-8(6)5-7;6-5(7,8)4-2-1-3-9-4;6-5-3-1-2-4-5;2*1-2;1-3-2;;/h6-9,17H,2-5H2,1H3;6-10,16H,2-5H2,1H3;5-9,15H,1-4H2,(H,16,17);3,5-8,15H,1-2,4H2,(H,16,17);1-5,10H,(H,11,12);4H,1-3H2;1-4H2;1-2H3;1H3;2H,1H3;;1H2/q;;;;;;;;;;+1;/p-1. The third-order valence-corrected chi connectivity index (χ3v) is 20.6. The molecule has 10 aromatic rings. The minimum Gasteiger partial charge on any atom is -0.870 e. The molecule has 0 amide bonds. The number of ketones is 1. The molecule has 0 spiro atoms. The Hall–Kier alpha value is -5.88. The zero-order valence-electron chi connectivity index (χ0n) is 61.7. The maximum Gasteiger partial charge on any atom is 1.00 e. The molecule has 0 radical (unpaired) electrons. The normalized spacial score (nSPS) is 15.8. The van der Waals surface area contributed by atoms with Gasteiger partial charge in [-0.05, 0) is 216 Å². The Morgan fingerprint density at radius 1 is 0.523 bits per heavy atom. The van der Waals surface area contributed by atoms with Crippen molar-refractivity contribution in [1.82, 2.24) is 24.9 Å². The fourth-order valence-corrected chi connectivity index (χ4v) is 15.4. The molecule has 1 aliphatic heterocycles. The SMILES string of the molecule is CC.CI.COC(=O)c1ccc2c(C3CCCC3)c(Br)[nH]c2c1.COC(=O)c1ccc2c(C3CCCC3)c[nH]c2c1.COO.ClC(Cl)(Cl)C1CCCO1.O=C(O)c1ccc2c(C3=CCCC3)c[nH]c2c1.O=C(O)c1ccc2c(C3CCCC3)c[nH]c2c1.O=C(O)c1ccc2cc[nH]c2c1.O=C1CCCC1.[K+].[OH-]. The average molecular weight is 1730 g/mol. The van der Waals surface area contributed by atoms with Crippen molar-refractivity contribution in [2.75, 3.05) is 32.9 Å². The van der Waals surface area contributed by atoms with Crippen molar-refractivity contribution >= 4 is 169 Å². The van der Waals surface area contributed by atoms with Crippen LogP contribution in [0.2, 0.25) is 0 Å². The fraction of sp³-hybridized carbons (Fsp3) is 0.407. The van der Waals surface area contributed by atoms with Gasteiger partial charge in [-0.1, -0.05) is 146 Å². The average Bonchev–Trinajstić information content (AvgIpc) is 1.64. The first-order valence-electron chi connectivity index (χ1n) is 35.7. The van der Waals surface area contributed by atoms with Crippen LogP contribution < -0.4 is 51.4 Å². The van der Waals surface area contributed by atoms with Crippen molar-refractivity contribution in [3.05, 3.63) is 183 Å². The summed E-state index contributed by atoms with van der Waals surface area (Å²) >= 11 is 22.4. The number of carboxylic acids is 3. The van der Waals surface area contributed by atoms with Crippen molar-refractivity contribution in [2.45, 2.75) is 176 Å². The number of hydrogen-bond donors (Lipinski definition) is 9. The van der Waals surface area contributed by atoms with E-state index in [1.807, 2.05) is 85.8 Å². The Balaban J connectivity index is 0.000000224. The number of H-pyrrole nitrogens is 5. The van der Waals surface area contributed by atoms with Gasteiger partial charge in [0.25, 0.3) is 0 Å². The molecular weight excluding hydrogens is 1640 g/mol. The molecule has 4 saturated carbocycles. The van der Waals surface area contributed by atoms with Crippen LogP contribution in [0.4, 0.5) is 0 Å². The summed E-state index contributed by atoms with van der Waals surface area (Å²) in [5, 5.41) is 39.4. The van der Waals surface area contributed by atoms with Crippen LogP contribution >= 0.6 is 73.3 Å². The number of carbonyl (C=O) groups is 6. The fourth-order valence-electron chi connectivity index (χ4n) is 14.1. The van der Waals surface area contributed by atoms with Crippen LogP contribution in [0.1, 0.15) is 240 Å². The number of hydrogen-bond acceptors (Lipinski definition) is 12. The Morgan fingerprint density at radius 2 is 0.944 bits per heavy atom. The second-order valence-corrected chi connectivity index (χ2v) is 29.0. The van der Waals surface area contributed by atoms with Crippen LogP contribution in [0.25, 0.3) is 60.1 Å². The first kappa shape index (κ1) is 91.7. The molecule has 1 saturated heterocycles. The number of fused-ring (bicyclic) bond motifs is 5. The molecule has 1 unspecified atom stereocenters. The summed E-state index contributed by atoms with van der Waals surface area (Å²) in [7, 11) is 3.99. The molecule has 20 nitrogen and oxygen atoms in total. The van der Waals surface area contributed by atoms with Crippen LogP contribution in [-0.4, -0.2) is 129 Å². The topological polar surface area (TPSA) is 329 Å². The van der Waals surface area contributed by atoms with Crippen LogP contribution in [0, 0.1) is 0 Å². The number of carbonyl (C=O) groups excluding carboxylic acids is 3. The van der Waals surface area contributed by atoms with Gasteiger partial charge in [-0.25, -0.2) is 28.9 Å². The molecule has 1 atom stereocenters. The number of halogens is 5. The van der Waals surface area contributed by atoms with Gasteiger partial charge in [0, 0.05) is 98.9 Å². The number of ether oxygens (including phenoxy) is 3. The molecule has 5 aromatic heterocycles. The second-order valence-electron chi connectivity index (χ2n) is 25.8. The third-order valence-electron chi connectivity index (χ3n) is 19.2. The Bertz CT molecular complexity index is 4510. The predicted molar refractivity (Wildman–Crippen MR) is 434 cm³/mol. The zero-order chi connectivity index (χ0) is 76.2. The molecule has 107 heavy (non-hydrogen) atoms. The maximum atomic E-state index is 11.6. The van der Waals surface area contributed by atoms with Gasteiger partial charge in [0.2, 0.25) is 3.79 Å². The van der Waals surface area contributed by atoms with E-state index in [0.29, 0.717) is 51.4 Å². The number of aromatic carboxylic acids is 3. The summed E-state index contributed by atoms with van der Waals surface area (Å²) < 4.78 is 14.4. The smallest absolute Gasteiger partial charge is 0.870 e. The molecule has 0 bridgehead atoms. The van der Waals surface area contributed by atoms with Crippen molar-refractivity contribution in [1.29, 1.82) is 0 Å². The van der Waals surface area contributed by atoms with E-state index in [1.54, 1.807) is 48.7 Å². The van der Waals surface area contributed by atoms with Gasteiger partial charge < -0.3 is 59.9 Å². The van der Waals surface area contributed by atoms with Gasteiger partial charge >= 0.3 is 81.2 Å². The molecule has 6 aliphatic rings. The molecule has 5 fully saturated rings. The molecule has 572 valence electrons. The van der Waals surface area contributed by atoms with Gasteiger partial charge in [-0.2, -0.15) is 0 Å². The molecule has 16 rings (SSSR count). The van der Waals surface area contributed by atoms with Crippen LogP contribution in [0.5, 0.6) is 0 Å². The van der Waals surface area contributed by atoms with Gasteiger partial charge in [-0.3, -0.25) is 10.1 Å². The number of alkyl halides is 4. The van der Waals surface area contributed by atoms with Crippen LogP contribution in [0.15, 0.2) is 133 Å². The molecule has 5 aliphatic carbocycles. The van der Waals surface area contributed by atoms with Crippen LogP contribution in [-0.2, 0) is 23.9 Å². The number of methoxy groups -OCH3 is 2. The summed E-state index contributed by atoms with van der Waals surface area (Å²) in [6.07, 6.45) is 34.8. The zero-order valence-corrected chi connectivity index (χ0v) is 70.8. The Morgan fingerprint density at radius 3 is 1.36 bits per heavy atom. The number of rotatable bonds is 9. The van der Waals surface area contributed by atoms with Crippen molar-refractivity contribution < 1.29 is 125 Å². The number of Topliss-reactive ketones (excluding diaryl/α,β-unsaturated/α-hetero) is 1. The largest absolute Gasteiger partial charge is 1.00 e. The number of nitrogens with one attached hydrogen (secondary N) is 5. The second kappa shape index (κ2) is 46.7. The van der Waals surface area contributed by atoms with E-state index in [2.05, 4.69) is 80.6 Å². The van der Waals surface area contributed by atoms with E-state index >= 15 is 0 Å². The third kappa shape index (κ3) is 26.1. The molecular formula is C81H97BrCl3IKN5O15. The maximum absolute atomic E-state index is 11.6. The molecule has 26 heteroatoms. The number of aromatic amines is 5. The van der Waals surface area contributed by atoms with Crippen molar-refractivity contribution in [3.63, 3.8) is 0 Å². The number of aromatic nitrogens is 5. The molecule has 10 N–H and O–H groups in total. The Labute approximate surface area is 703 Å². The number of benzene rings is 5. The quantitative estimate of drug-likeness (QED) is 0.0162. The minimum absolute atomic E-state index is 0. The number of carboxylic acid groups (broad SMARTS) is 3. The minimum atomic E-state index is -1.23. The van der Waals surface area contributed by atoms with Gasteiger partial charge in [0.1, 0.15) is 11.9 Å². The summed E-state index contributed by atoms with van der Waals surface area (Å²) in [6.45, 7) is 4.72. The van der Waals surface area contributed by atoms with Crippen LogP contribution in [0.3, 0.4) is 0 Å². The summed E-state index contributed by atoms with van der Waals surface area (Å²) in [5.41, 5.74) is 13.6. The summed E-state index contributed by atoms with van der Waals surface area (Å²) in [4.78, 5) is 86.7. The Kier molecular flexibility index (Phi) is 40.0. The predicted octanol–water partition coefficient (Wildman–Crippen LogP) is 19.5. The van der Waals surface area contributed by atoms with E-state index in [4.69, 9.17) is 69.6 Å². The van der Waals surface area contributed by atoms with Crippen molar-refractivity contribution in [2.24, 2.45) is 0 Å².